The van der Waals surface area contributed by atoms with Crippen molar-refractivity contribution in [2.24, 2.45) is 7.05 Å². The molecule has 0 saturated carbocycles. The topological polar surface area (TPSA) is 54.8 Å². The van der Waals surface area contributed by atoms with E-state index in [1.165, 1.54) is 0 Å². The van der Waals surface area contributed by atoms with Gasteiger partial charge in [-0.1, -0.05) is 23.2 Å². The molecule has 2 rings (SSSR count). The summed E-state index contributed by atoms with van der Waals surface area (Å²) in [5.41, 5.74) is 0.917. The first kappa shape index (κ1) is 14.0. The van der Waals surface area contributed by atoms with Gasteiger partial charge in [0.1, 0.15) is 11.6 Å². The highest BCUT2D eigenvalue weighted by atomic mass is 35.5. The lowest BCUT2D eigenvalue weighted by molar-refractivity contribution is 0.747. The van der Waals surface area contributed by atoms with Crippen molar-refractivity contribution >= 4 is 34.8 Å². The Morgan fingerprint density at radius 1 is 1.21 bits per heavy atom. The number of aromatic nitrogens is 3. The van der Waals surface area contributed by atoms with Gasteiger partial charge in [0.2, 0.25) is 0 Å². The minimum absolute atomic E-state index is 0.489. The van der Waals surface area contributed by atoms with Gasteiger partial charge >= 0.3 is 0 Å². The Kier molecular flexibility index (Phi) is 4.50. The highest BCUT2D eigenvalue weighted by molar-refractivity contribution is 6.37. The van der Waals surface area contributed by atoms with Crippen molar-refractivity contribution in [3.05, 3.63) is 34.1 Å². The van der Waals surface area contributed by atoms with Gasteiger partial charge in [-0.3, -0.25) is 4.68 Å². The summed E-state index contributed by atoms with van der Waals surface area (Å²) in [5.74, 6) is 1.21. The standard InChI is InChI=1S/C12H15Cl2N5/c1-3-15-11-9(13)6-10(14)12(17-11)16-7-8-4-5-19(2)18-8/h4-6H,3,7H2,1-2H3,(H2,15,16,17). The van der Waals surface area contributed by atoms with Crippen LogP contribution in [0, 0.1) is 0 Å². The number of hydrogen-bond acceptors (Lipinski definition) is 4. The molecule has 0 fully saturated rings. The molecule has 2 N–H and O–H groups in total. The average Bonchev–Trinajstić information content (AvgIpc) is 2.77. The second kappa shape index (κ2) is 6.12. The fourth-order valence-corrected chi connectivity index (χ4v) is 2.11. The molecule has 0 aromatic carbocycles. The van der Waals surface area contributed by atoms with Gasteiger partial charge in [0, 0.05) is 19.8 Å². The molecule has 19 heavy (non-hydrogen) atoms. The van der Waals surface area contributed by atoms with E-state index >= 15 is 0 Å². The minimum atomic E-state index is 0.489. The molecule has 0 spiro atoms. The van der Waals surface area contributed by atoms with Crippen molar-refractivity contribution in [3.63, 3.8) is 0 Å². The van der Waals surface area contributed by atoms with Crippen LogP contribution in [0.5, 0.6) is 0 Å². The summed E-state index contributed by atoms with van der Waals surface area (Å²) in [7, 11) is 1.88. The van der Waals surface area contributed by atoms with Gasteiger partial charge in [-0.2, -0.15) is 5.10 Å². The molecular weight excluding hydrogens is 285 g/mol. The summed E-state index contributed by atoms with van der Waals surface area (Å²) < 4.78 is 1.75. The van der Waals surface area contributed by atoms with Crippen LogP contribution >= 0.6 is 23.2 Å². The van der Waals surface area contributed by atoms with Gasteiger partial charge in [-0.05, 0) is 19.1 Å². The van der Waals surface area contributed by atoms with Crippen LogP contribution in [-0.2, 0) is 13.6 Å². The molecule has 102 valence electrons. The maximum atomic E-state index is 6.11. The molecule has 0 saturated heterocycles. The van der Waals surface area contributed by atoms with Crippen LogP contribution in [-0.4, -0.2) is 21.3 Å². The van der Waals surface area contributed by atoms with E-state index in [9.17, 15) is 0 Å². The maximum Gasteiger partial charge on any atom is 0.147 e. The third-order valence-corrected chi connectivity index (χ3v) is 3.06. The van der Waals surface area contributed by atoms with Crippen LogP contribution in [0.1, 0.15) is 12.6 Å². The van der Waals surface area contributed by atoms with E-state index in [1.807, 2.05) is 26.2 Å². The molecule has 2 aromatic rings. The number of hydrogen-bond donors (Lipinski definition) is 2. The Labute approximate surface area is 121 Å². The number of anilines is 2. The molecule has 0 aliphatic rings. The fourth-order valence-electron chi connectivity index (χ4n) is 1.61. The lowest BCUT2D eigenvalue weighted by Gasteiger charge is -2.10. The second-order valence-corrected chi connectivity index (χ2v) is 4.83. The van der Waals surface area contributed by atoms with Crippen LogP contribution in [0.2, 0.25) is 10.0 Å². The monoisotopic (exact) mass is 299 g/mol. The summed E-state index contributed by atoms with van der Waals surface area (Å²) >= 11 is 12.2. The van der Waals surface area contributed by atoms with Gasteiger partial charge < -0.3 is 10.6 Å². The molecule has 7 heteroatoms. The molecule has 0 atom stereocenters. The SMILES string of the molecule is CCNc1nc(NCc2ccn(C)n2)c(Cl)cc1Cl. The van der Waals surface area contributed by atoms with Crippen molar-refractivity contribution in [1.82, 2.24) is 14.8 Å². The number of nitrogens with zero attached hydrogens (tertiary/aromatic N) is 3. The van der Waals surface area contributed by atoms with E-state index in [4.69, 9.17) is 23.2 Å². The number of pyridine rings is 1. The Hall–Kier alpha value is -1.46. The zero-order chi connectivity index (χ0) is 13.8. The highest BCUT2D eigenvalue weighted by Gasteiger charge is 2.09. The lowest BCUT2D eigenvalue weighted by atomic mass is 10.4. The normalized spacial score (nSPS) is 10.5. The van der Waals surface area contributed by atoms with E-state index in [1.54, 1.807) is 10.7 Å². The number of halogens is 2. The van der Waals surface area contributed by atoms with E-state index < -0.39 is 0 Å². The predicted octanol–water partition coefficient (Wildman–Crippen LogP) is 3.17. The quantitative estimate of drug-likeness (QED) is 0.890. The first-order valence-electron chi connectivity index (χ1n) is 5.92. The summed E-state index contributed by atoms with van der Waals surface area (Å²) in [6.07, 6.45) is 1.89. The lowest BCUT2D eigenvalue weighted by Crippen LogP contribution is -2.06. The number of aryl methyl sites for hydroxylation is 1. The zero-order valence-electron chi connectivity index (χ0n) is 10.7. The molecule has 0 radical (unpaired) electrons. The summed E-state index contributed by atoms with van der Waals surface area (Å²) in [4.78, 5) is 4.36. The maximum absolute atomic E-state index is 6.11. The second-order valence-electron chi connectivity index (χ2n) is 4.01. The van der Waals surface area contributed by atoms with E-state index in [0.717, 1.165) is 12.2 Å². The molecule has 0 unspecified atom stereocenters. The highest BCUT2D eigenvalue weighted by Crippen LogP contribution is 2.29. The van der Waals surface area contributed by atoms with Crippen LogP contribution < -0.4 is 10.6 Å². The predicted molar refractivity (Wildman–Crippen MR) is 79.0 cm³/mol. The van der Waals surface area contributed by atoms with Gasteiger partial charge in [0.25, 0.3) is 0 Å². The Morgan fingerprint density at radius 3 is 2.47 bits per heavy atom. The van der Waals surface area contributed by atoms with Crippen LogP contribution in [0.15, 0.2) is 18.3 Å². The van der Waals surface area contributed by atoms with Crippen molar-refractivity contribution in [2.45, 2.75) is 13.5 Å². The molecule has 2 heterocycles. The van der Waals surface area contributed by atoms with Crippen molar-refractivity contribution in [2.75, 3.05) is 17.2 Å². The molecular formula is C12H15Cl2N5. The van der Waals surface area contributed by atoms with Gasteiger partial charge in [-0.25, -0.2) is 4.98 Å². The van der Waals surface area contributed by atoms with Crippen molar-refractivity contribution in [1.29, 1.82) is 0 Å². The molecule has 0 amide bonds. The third kappa shape index (κ3) is 3.52. The molecule has 5 nitrogen and oxygen atoms in total. The summed E-state index contributed by atoms with van der Waals surface area (Å²) in [6, 6.07) is 3.61. The van der Waals surface area contributed by atoms with Gasteiger partial charge in [0.05, 0.1) is 22.3 Å². The summed E-state index contributed by atoms with van der Waals surface area (Å²) in [5, 5.41) is 11.5. The zero-order valence-corrected chi connectivity index (χ0v) is 12.3. The minimum Gasteiger partial charge on any atom is -0.369 e. The van der Waals surface area contributed by atoms with Crippen LogP contribution in [0.4, 0.5) is 11.6 Å². The Bertz CT molecular complexity index is 567. The molecule has 2 aromatic heterocycles. The van der Waals surface area contributed by atoms with Crippen LogP contribution in [0.25, 0.3) is 0 Å². The van der Waals surface area contributed by atoms with Gasteiger partial charge in [0.15, 0.2) is 0 Å². The van der Waals surface area contributed by atoms with Crippen LogP contribution in [0.3, 0.4) is 0 Å². The van der Waals surface area contributed by atoms with E-state index in [-0.39, 0.29) is 0 Å². The average molecular weight is 300 g/mol. The molecule has 0 aliphatic heterocycles. The van der Waals surface area contributed by atoms with Gasteiger partial charge in [-0.15, -0.1) is 0 Å². The van der Waals surface area contributed by atoms with Crippen molar-refractivity contribution < 1.29 is 0 Å². The smallest absolute Gasteiger partial charge is 0.147 e. The molecule has 0 bridgehead atoms. The number of nitrogens with one attached hydrogen (secondary N) is 2. The summed E-state index contributed by atoms with van der Waals surface area (Å²) in [6.45, 7) is 3.28. The molecule has 0 aliphatic carbocycles. The first-order valence-corrected chi connectivity index (χ1v) is 6.68. The van der Waals surface area contributed by atoms with Crippen molar-refractivity contribution in [3.8, 4) is 0 Å². The Balaban J connectivity index is 2.13. The fraction of sp³-hybridized carbons (Fsp3) is 0.333. The number of rotatable bonds is 5. The first-order chi connectivity index (χ1) is 9.10. The van der Waals surface area contributed by atoms with E-state index in [2.05, 4.69) is 20.7 Å². The Morgan fingerprint density at radius 2 is 1.89 bits per heavy atom. The third-order valence-electron chi connectivity index (χ3n) is 2.48. The van der Waals surface area contributed by atoms with E-state index in [0.29, 0.717) is 28.2 Å². The largest absolute Gasteiger partial charge is 0.369 e.